The summed E-state index contributed by atoms with van der Waals surface area (Å²) in [5, 5.41) is 9.63. The number of alkyl halides is 1. The number of carboxylic acid groups (broad SMARTS) is 1. The number of sulfonamides is 1. The fourth-order valence-corrected chi connectivity index (χ4v) is 5.34. The van der Waals surface area contributed by atoms with Gasteiger partial charge in [0, 0.05) is 22.5 Å². The fourth-order valence-electron chi connectivity index (χ4n) is 1.92. The molecule has 0 saturated carbocycles. The maximum Gasteiger partial charge on any atom is 0.322 e. The Balaban J connectivity index is 2.48. The first-order chi connectivity index (χ1) is 9.30. The third-order valence-electron chi connectivity index (χ3n) is 3.13. The van der Waals surface area contributed by atoms with Crippen molar-refractivity contribution in [3.05, 3.63) is 27.7 Å². The zero-order valence-electron chi connectivity index (χ0n) is 10.0. The van der Waals surface area contributed by atoms with Gasteiger partial charge in [-0.05, 0) is 18.6 Å². The standard InChI is InChI=1S/C11H10BrCl2NO4S/c12-5-6-7(13)1-2-9(10(6)14)20(18,19)15-4-3-8(15)11(16)17/h1-2,8H,3-5H2,(H,16,17)/t8-/m0/s1. The van der Waals surface area contributed by atoms with Gasteiger partial charge in [-0.1, -0.05) is 39.1 Å². The summed E-state index contributed by atoms with van der Waals surface area (Å²) in [5.41, 5.74) is 0.460. The van der Waals surface area contributed by atoms with Crippen LogP contribution >= 0.6 is 39.1 Å². The molecule has 0 radical (unpaired) electrons. The van der Waals surface area contributed by atoms with Crippen LogP contribution in [-0.4, -0.2) is 36.4 Å². The first-order valence-corrected chi connectivity index (χ1v) is 8.90. The lowest BCUT2D eigenvalue weighted by atomic mass is 10.1. The molecule has 0 aliphatic carbocycles. The molecular formula is C11H10BrCl2NO4S. The summed E-state index contributed by atoms with van der Waals surface area (Å²) in [6.07, 6.45) is 0.297. The highest BCUT2D eigenvalue weighted by atomic mass is 79.9. The highest BCUT2D eigenvalue weighted by molar-refractivity contribution is 9.08. The van der Waals surface area contributed by atoms with Gasteiger partial charge in [-0.25, -0.2) is 8.42 Å². The van der Waals surface area contributed by atoms with Gasteiger partial charge in [0.1, 0.15) is 10.9 Å². The van der Waals surface area contributed by atoms with Gasteiger partial charge in [-0.2, -0.15) is 4.31 Å². The van der Waals surface area contributed by atoms with Crippen molar-refractivity contribution < 1.29 is 18.3 Å². The van der Waals surface area contributed by atoms with E-state index in [-0.39, 0.29) is 16.5 Å². The second-order valence-corrected chi connectivity index (χ2v) is 7.44. The predicted molar refractivity (Wildman–Crippen MR) is 79.0 cm³/mol. The minimum atomic E-state index is -3.94. The smallest absolute Gasteiger partial charge is 0.322 e. The van der Waals surface area contributed by atoms with Crippen molar-refractivity contribution in [1.82, 2.24) is 4.31 Å². The highest BCUT2D eigenvalue weighted by Gasteiger charge is 2.43. The van der Waals surface area contributed by atoms with Gasteiger partial charge < -0.3 is 5.11 Å². The van der Waals surface area contributed by atoms with Crippen molar-refractivity contribution in [2.45, 2.75) is 22.7 Å². The lowest BCUT2D eigenvalue weighted by Crippen LogP contribution is -2.54. The number of carbonyl (C=O) groups is 1. The Bertz CT molecular complexity index is 665. The molecule has 1 fully saturated rings. The Hall–Kier alpha value is -0.340. The predicted octanol–water partition coefficient (Wildman–Crippen LogP) is 2.74. The topological polar surface area (TPSA) is 74.7 Å². The van der Waals surface area contributed by atoms with Gasteiger partial charge in [-0.15, -0.1) is 0 Å². The number of hydrogen-bond donors (Lipinski definition) is 1. The molecule has 1 aliphatic rings. The highest BCUT2D eigenvalue weighted by Crippen LogP contribution is 2.36. The Morgan fingerprint density at radius 3 is 2.55 bits per heavy atom. The van der Waals surface area contributed by atoms with Crippen LogP contribution in [0, 0.1) is 0 Å². The molecule has 1 aromatic carbocycles. The maximum atomic E-state index is 12.4. The third-order valence-corrected chi connectivity index (χ3v) is 6.54. The molecule has 1 atom stereocenters. The van der Waals surface area contributed by atoms with Crippen LogP contribution < -0.4 is 0 Å². The molecule has 20 heavy (non-hydrogen) atoms. The number of hydrogen-bond acceptors (Lipinski definition) is 3. The summed E-state index contributed by atoms with van der Waals surface area (Å²) in [4.78, 5) is 10.8. The lowest BCUT2D eigenvalue weighted by Gasteiger charge is -2.36. The molecule has 1 N–H and O–H groups in total. The van der Waals surface area contributed by atoms with E-state index in [9.17, 15) is 13.2 Å². The average Bonchev–Trinajstić information content (AvgIpc) is 2.25. The van der Waals surface area contributed by atoms with Crippen LogP contribution in [0.1, 0.15) is 12.0 Å². The Morgan fingerprint density at radius 1 is 1.45 bits per heavy atom. The van der Waals surface area contributed by atoms with E-state index >= 15 is 0 Å². The van der Waals surface area contributed by atoms with Gasteiger partial charge in [0.2, 0.25) is 10.0 Å². The van der Waals surface area contributed by atoms with E-state index in [0.29, 0.717) is 22.3 Å². The molecule has 0 spiro atoms. The molecule has 1 heterocycles. The second-order valence-electron chi connectivity index (χ2n) is 4.23. The van der Waals surface area contributed by atoms with Crippen LogP contribution in [0.25, 0.3) is 0 Å². The maximum absolute atomic E-state index is 12.4. The molecule has 1 saturated heterocycles. The van der Waals surface area contributed by atoms with Crippen molar-refractivity contribution in [2.75, 3.05) is 6.54 Å². The Labute approximate surface area is 134 Å². The zero-order chi connectivity index (χ0) is 15.1. The van der Waals surface area contributed by atoms with E-state index in [2.05, 4.69) is 15.9 Å². The van der Waals surface area contributed by atoms with Crippen molar-refractivity contribution >= 4 is 55.1 Å². The van der Waals surface area contributed by atoms with Crippen molar-refractivity contribution in [3.63, 3.8) is 0 Å². The molecule has 0 bridgehead atoms. The summed E-state index contributed by atoms with van der Waals surface area (Å²) in [6, 6.07) is 1.70. The van der Waals surface area contributed by atoms with Crippen LogP contribution in [0.3, 0.4) is 0 Å². The van der Waals surface area contributed by atoms with Gasteiger partial charge in [0.25, 0.3) is 0 Å². The van der Waals surface area contributed by atoms with Gasteiger partial charge in [0.15, 0.2) is 0 Å². The minimum Gasteiger partial charge on any atom is -0.480 e. The Kier molecular flexibility index (Phi) is 4.66. The molecule has 2 rings (SSSR count). The summed E-state index contributed by atoms with van der Waals surface area (Å²) < 4.78 is 25.8. The van der Waals surface area contributed by atoms with Crippen LogP contribution in [0.5, 0.6) is 0 Å². The van der Waals surface area contributed by atoms with Crippen LogP contribution in [-0.2, 0) is 20.1 Å². The van der Waals surface area contributed by atoms with E-state index < -0.39 is 22.0 Å². The van der Waals surface area contributed by atoms with Crippen molar-refractivity contribution in [1.29, 1.82) is 0 Å². The summed E-state index contributed by atoms with van der Waals surface area (Å²) in [5.74, 6) is -1.16. The molecule has 5 nitrogen and oxygen atoms in total. The first kappa shape index (κ1) is 16.0. The molecule has 1 aromatic rings. The normalized spacial score (nSPS) is 19.6. The molecule has 1 aliphatic heterocycles. The van der Waals surface area contributed by atoms with Crippen LogP contribution in [0.15, 0.2) is 17.0 Å². The number of rotatable bonds is 4. The minimum absolute atomic E-state index is 0.0189. The summed E-state index contributed by atoms with van der Waals surface area (Å²) in [7, 11) is -3.94. The van der Waals surface area contributed by atoms with Crippen LogP contribution in [0.4, 0.5) is 0 Å². The number of carboxylic acids is 1. The quantitative estimate of drug-likeness (QED) is 0.785. The largest absolute Gasteiger partial charge is 0.480 e. The SMILES string of the molecule is O=C(O)[C@@H]1CCN1S(=O)(=O)c1ccc(Cl)c(CBr)c1Cl. The molecule has 9 heteroatoms. The zero-order valence-corrected chi connectivity index (χ0v) is 13.9. The average molecular weight is 403 g/mol. The summed E-state index contributed by atoms with van der Waals surface area (Å²) >= 11 is 15.2. The molecule has 0 aromatic heterocycles. The monoisotopic (exact) mass is 401 g/mol. The second kappa shape index (κ2) is 5.81. The molecule has 110 valence electrons. The van der Waals surface area contributed by atoms with Gasteiger partial charge in [0.05, 0.1) is 5.02 Å². The summed E-state index contributed by atoms with van der Waals surface area (Å²) in [6.45, 7) is 0.169. The van der Waals surface area contributed by atoms with E-state index in [1.807, 2.05) is 0 Å². The number of nitrogens with zero attached hydrogens (tertiary/aromatic N) is 1. The molecule has 0 amide bonds. The molecule has 0 unspecified atom stereocenters. The number of halogens is 3. The first-order valence-electron chi connectivity index (χ1n) is 5.58. The molecular weight excluding hydrogens is 393 g/mol. The number of benzene rings is 1. The van der Waals surface area contributed by atoms with Crippen molar-refractivity contribution in [2.24, 2.45) is 0 Å². The fraction of sp³-hybridized carbons (Fsp3) is 0.364. The van der Waals surface area contributed by atoms with Crippen LogP contribution in [0.2, 0.25) is 10.0 Å². The van der Waals surface area contributed by atoms with Gasteiger partial charge >= 0.3 is 5.97 Å². The van der Waals surface area contributed by atoms with E-state index in [0.717, 1.165) is 4.31 Å². The number of aliphatic carboxylic acids is 1. The van der Waals surface area contributed by atoms with E-state index in [1.165, 1.54) is 12.1 Å². The Morgan fingerprint density at radius 2 is 2.10 bits per heavy atom. The third kappa shape index (κ3) is 2.57. The van der Waals surface area contributed by atoms with E-state index in [4.69, 9.17) is 28.3 Å². The van der Waals surface area contributed by atoms with E-state index in [1.54, 1.807) is 0 Å². The van der Waals surface area contributed by atoms with Gasteiger partial charge in [-0.3, -0.25) is 4.79 Å². The van der Waals surface area contributed by atoms with Crippen molar-refractivity contribution in [3.8, 4) is 0 Å². The lowest BCUT2D eigenvalue weighted by molar-refractivity contribution is -0.144.